The molecule has 3 heterocycles. The Morgan fingerprint density at radius 3 is 2.39 bits per heavy atom. The highest BCUT2D eigenvalue weighted by Crippen LogP contribution is 2.42. The minimum absolute atomic E-state index is 0.0843. The van der Waals surface area contributed by atoms with E-state index in [2.05, 4.69) is 22.0 Å². The van der Waals surface area contributed by atoms with Gasteiger partial charge in [0, 0.05) is 31.5 Å². The summed E-state index contributed by atoms with van der Waals surface area (Å²) in [5.41, 5.74) is 8.58. The van der Waals surface area contributed by atoms with Crippen LogP contribution in [0.15, 0.2) is 54.9 Å². The number of rotatable bonds is 6. The van der Waals surface area contributed by atoms with Crippen LogP contribution in [0, 0.1) is 5.41 Å². The van der Waals surface area contributed by atoms with Crippen molar-refractivity contribution in [1.29, 1.82) is 0 Å². The van der Waals surface area contributed by atoms with Crippen molar-refractivity contribution < 1.29 is 4.79 Å². The van der Waals surface area contributed by atoms with Gasteiger partial charge in [0.2, 0.25) is 5.91 Å². The Labute approximate surface area is 167 Å². The molecule has 0 saturated carbocycles. The lowest BCUT2D eigenvalue weighted by molar-refractivity contribution is -0.138. The molecule has 1 spiro atoms. The fourth-order valence-corrected chi connectivity index (χ4v) is 4.61. The standard InChI is InChI=1S/C23H30N4O/c24-21(20-4-2-1-3-5-20)8-14-26-15-9-23(10-16-26)11-17-27(22(23)28)18-19-6-12-25-13-7-19/h1-7,12-13,21H,8-11,14-18,24H2/t21-/m0/s1. The van der Waals surface area contributed by atoms with Gasteiger partial charge in [-0.25, -0.2) is 0 Å². The molecule has 2 aliphatic heterocycles. The largest absolute Gasteiger partial charge is 0.338 e. The normalized spacial score (nSPS) is 20.6. The fraction of sp³-hybridized carbons (Fsp3) is 0.478. The Hall–Kier alpha value is -2.24. The smallest absolute Gasteiger partial charge is 0.229 e. The van der Waals surface area contributed by atoms with Gasteiger partial charge in [0.25, 0.3) is 0 Å². The molecular formula is C23H30N4O. The summed E-state index contributed by atoms with van der Waals surface area (Å²) in [5, 5.41) is 0. The average molecular weight is 379 g/mol. The number of hydrogen-bond acceptors (Lipinski definition) is 4. The fourth-order valence-electron chi connectivity index (χ4n) is 4.61. The number of nitrogens with zero attached hydrogens (tertiary/aromatic N) is 3. The van der Waals surface area contributed by atoms with Gasteiger partial charge in [-0.05, 0) is 68.6 Å². The lowest BCUT2D eigenvalue weighted by Gasteiger charge is -2.38. The van der Waals surface area contributed by atoms with Gasteiger partial charge in [-0.2, -0.15) is 0 Å². The second kappa shape index (κ2) is 8.41. The number of carbonyl (C=O) groups excluding carboxylic acids is 1. The summed E-state index contributed by atoms with van der Waals surface area (Å²) >= 11 is 0. The molecule has 2 aromatic rings. The van der Waals surface area contributed by atoms with Gasteiger partial charge in [-0.1, -0.05) is 30.3 Å². The topological polar surface area (TPSA) is 62.5 Å². The minimum Gasteiger partial charge on any atom is -0.338 e. The molecule has 1 atom stereocenters. The van der Waals surface area contributed by atoms with Gasteiger partial charge in [-0.15, -0.1) is 0 Å². The van der Waals surface area contributed by atoms with Gasteiger partial charge < -0.3 is 15.5 Å². The number of aromatic nitrogens is 1. The predicted octanol–water partition coefficient (Wildman–Crippen LogP) is 2.99. The van der Waals surface area contributed by atoms with E-state index in [0.29, 0.717) is 12.5 Å². The van der Waals surface area contributed by atoms with E-state index in [1.54, 1.807) is 12.4 Å². The van der Waals surface area contributed by atoms with Crippen LogP contribution in [0.25, 0.3) is 0 Å². The van der Waals surface area contributed by atoms with Gasteiger partial charge in [0.15, 0.2) is 0 Å². The quantitative estimate of drug-likeness (QED) is 0.839. The summed E-state index contributed by atoms with van der Waals surface area (Å²) in [5.74, 6) is 0.352. The summed E-state index contributed by atoms with van der Waals surface area (Å²) in [6.45, 7) is 4.58. The summed E-state index contributed by atoms with van der Waals surface area (Å²) in [7, 11) is 0. The van der Waals surface area contributed by atoms with E-state index in [1.165, 1.54) is 5.56 Å². The molecule has 0 radical (unpaired) electrons. The van der Waals surface area contributed by atoms with Crippen molar-refractivity contribution in [2.45, 2.75) is 38.3 Å². The van der Waals surface area contributed by atoms with Crippen molar-refractivity contribution >= 4 is 5.91 Å². The van der Waals surface area contributed by atoms with Crippen LogP contribution in [0.4, 0.5) is 0 Å². The van der Waals surface area contributed by atoms with Crippen LogP contribution in [-0.2, 0) is 11.3 Å². The van der Waals surface area contributed by atoms with E-state index >= 15 is 0 Å². The molecular weight excluding hydrogens is 348 g/mol. The molecule has 1 amide bonds. The lowest BCUT2D eigenvalue weighted by atomic mass is 9.77. The van der Waals surface area contributed by atoms with Crippen LogP contribution in [-0.4, -0.2) is 46.9 Å². The zero-order chi connectivity index (χ0) is 19.4. The van der Waals surface area contributed by atoms with Crippen LogP contribution < -0.4 is 5.73 Å². The first kappa shape index (κ1) is 19.1. The van der Waals surface area contributed by atoms with Crippen molar-refractivity contribution in [3.63, 3.8) is 0 Å². The number of carbonyl (C=O) groups is 1. The van der Waals surface area contributed by atoms with Gasteiger partial charge in [0.1, 0.15) is 0 Å². The maximum atomic E-state index is 13.1. The highest BCUT2D eigenvalue weighted by molar-refractivity contribution is 5.85. The Morgan fingerprint density at radius 1 is 1.00 bits per heavy atom. The van der Waals surface area contributed by atoms with Gasteiger partial charge in [0.05, 0.1) is 5.41 Å². The molecule has 1 aromatic carbocycles. The lowest BCUT2D eigenvalue weighted by Crippen LogP contribution is -2.45. The molecule has 2 aliphatic rings. The third-order valence-corrected chi connectivity index (χ3v) is 6.52. The molecule has 0 aliphatic carbocycles. The zero-order valence-corrected chi connectivity index (χ0v) is 16.5. The van der Waals surface area contributed by atoms with Crippen LogP contribution in [0.1, 0.15) is 42.9 Å². The SMILES string of the molecule is N[C@@H](CCN1CCC2(CC1)CCN(Cc1ccncc1)C2=O)c1ccccc1. The molecule has 28 heavy (non-hydrogen) atoms. The zero-order valence-electron chi connectivity index (χ0n) is 16.5. The molecule has 0 bridgehead atoms. The third kappa shape index (κ3) is 4.10. The van der Waals surface area contributed by atoms with E-state index in [1.807, 2.05) is 35.2 Å². The first-order valence-electron chi connectivity index (χ1n) is 10.4. The number of likely N-dealkylation sites (tertiary alicyclic amines) is 2. The molecule has 2 fully saturated rings. The molecule has 148 valence electrons. The summed E-state index contributed by atoms with van der Waals surface area (Å²) in [6.07, 6.45) is 7.49. The molecule has 2 N–H and O–H groups in total. The van der Waals surface area contributed by atoms with E-state index in [4.69, 9.17) is 5.73 Å². The first-order valence-corrected chi connectivity index (χ1v) is 10.4. The Bertz CT molecular complexity index is 772. The highest BCUT2D eigenvalue weighted by atomic mass is 16.2. The molecule has 0 unspecified atom stereocenters. The molecule has 4 rings (SSSR count). The monoisotopic (exact) mass is 378 g/mol. The van der Waals surface area contributed by atoms with Crippen molar-refractivity contribution in [3.8, 4) is 0 Å². The number of nitrogens with two attached hydrogens (primary N) is 1. The van der Waals surface area contributed by atoms with Crippen LogP contribution in [0.3, 0.4) is 0 Å². The summed E-state index contributed by atoms with van der Waals surface area (Å²) < 4.78 is 0. The maximum Gasteiger partial charge on any atom is 0.229 e. The van der Waals surface area contributed by atoms with Crippen molar-refractivity contribution in [2.24, 2.45) is 11.1 Å². The Kier molecular flexibility index (Phi) is 5.74. The molecule has 5 heteroatoms. The Morgan fingerprint density at radius 2 is 1.68 bits per heavy atom. The van der Waals surface area contributed by atoms with E-state index in [9.17, 15) is 4.79 Å². The number of pyridine rings is 1. The van der Waals surface area contributed by atoms with Gasteiger partial charge >= 0.3 is 0 Å². The van der Waals surface area contributed by atoms with Crippen molar-refractivity contribution in [1.82, 2.24) is 14.8 Å². The number of benzene rings is 1. The van der Waals surface area contributed by atoms with E-state index < -0.39 is 0 Å². The average Bonchev–Trinajstić information content (AvgIpc) is 3.04. The number of piperidine rings is 1. The van der Waals surface area contributed by atoms with Crippen LogP contribution >= 0.6 is 0 Å². The minimum atomic E-state index is -0.134. The molecule has 2 saturated heterocycles. The first-order chi connectivity index (χ1) is 13.7. The number of amides is 1. The van der Waals surface area contributed by atoms with Crippen LogP contribution in [0.5, 0.6) is 0 Å². The van der Waals surface area contributed by atoms with E-state index in [0.717, 1.165) is 57.4 Å². The van der Waals surface area contributed by atoms with E-state index in [-0.39, 0.29) is 11.5 Å². The maximum absolute atomic E-state index is 13.1. The summed E-state index contributed by atoms with van der Waals surface area (Å²) in [4.78, 5) is 21.7. The summed E-state index contributed by atoms with van der Waals surface area (Å²) in [6, 6.07) is 14.4. The second-order valence-corrected chi connectivity index (χ2v) is 8.26. The second-order valence-electron chi connectivity index (χ2n) is 8.26. The number of hydrogen-bond donors (Lipinski definition) is 1. The van der Waals surface area contributed by atoms with Crippen molar-refractivity contribution in [3.05, 3.63) is 66.0 Å². The van der Waals surface area contributed by atoms with Crippen molar-refractivity contribution in [2.75, 3.05) is 26.2 Å². The molecule has 5 nitrogen and oxygen atoms in total. The van der Waals surface area contributed by atoms with Gasteiger partial charge in [-0.3, -0.25) is 9.78 Å². The highest BCUT2D eigenvalue weighted by Gasteiger charge is 2.47. The third-order valence-electron chi connectivity index (χ3n) is 6.52. The van der Waals surface area contributed by atoms with Crippen LogP contribution in [0.2, 0.25) is 0 Å². The molecule has 1 aromatic heterocycles. The predicted molar refractivity (Wildman–Crippen MR) is 110 cm³/mol. The Balaban J connectivity index is 1.27.